The molecule has 1 aromatic heterocycles. The smallest absolute Gasteiger partial charge is 0.243 e. The summed E-state index contributed by atoms with van der Waals surface area (Å²) in [5.74, 6) is -1.42. The van der Waals surface area contributed by atoms with Gasteiger partial charge in [0.1, 0.15) is 10.8 Å². The van der Waals surface area contributed by atoms with Crippen molar-refractivity contribution < 1.29 is 13.5 Å². The van der Waals surface area contributed by atoms with E-state index in [1.165, 1.54) is 6.20 Å². The third-order valence-corrected chi connectivity index (χ3v) is 2.29. The van der Waals surface area contributed by atoms with Crippen LogP contribution in [0.3, 0.4) is 0 Å². The summed E-state index contributed by atoms with van der Waals surface area (Å²) < 4.78 is 31.5. The quantitative estimate of drug-likeness (QED) is 0.931. The van der Waals surface area contributed by atoms with E-state index >= 15 is 0 Å². The third-order valence-electron chi connectivity index (χ3n) is 2.04. The van der Waals surface area contributed by atoms with Crippen LogP contribution < -0.4 is 10.1 Å². The van der Waals surface area contributed by atoms with E-state index in [0.717, 1.165) is 18.2 Å². The van der Waals surface area contributed by atoms with Crippen molar-refractivity contribution in [2.24, 2.45) is 0 Å². The number of halogens is 3. The van der Waals surface area contributed by atoms with E-state index in [2.05, 4.69) is 15.3 Å². The van der Waals surface area contributed by atoms with Gasteiger partial charge in [0, 0.05) is 13.1 Å². The Balaban J connectivity index is 2.36. The Morgan fingerprint density at radius 1 is 1.33 bits per heavy atom. The number of anilines is 1. The lowest BCUT2D eigenvalue weighted by molar-refractivity contribution is 0.422. The summed E-state index contributed by atoms with van der Waals surface area (Å²) in [5, 5.41) is 2.77. The van der Waals surface area contributed by atoms with E-state index in [4.69, 9.17) is 16.3 Å². The van der Waals surface area contributed by atoms with Crippen molar-refractivity contribution in [3.63, 3.8) is 0 Å². The van der Waals surface area contributed by atoms with Gasteiger partial charge in [0.2, 0.25) is 11.8 Å². The molecule has 0 aliphatic carbocycles. The minimum absolute atomic E-state index is 0.0551. The van der Waals surface area contributed by atoms with Gasteiger partial charge in [-0.05, 0) is 12.1 Å². The number of hydrogen-bond acceptors (Lipinski definition) is 4. The molecule has 0 saturated carbocycles. The zero-order valence-corrected chi connectivity index (χ0v) is 10.0. The van der Waals surface area contributed by atoms with E-state index in [0.29, 0.717) is 0 Å². The van der Waals surface area contributed by atoms with E-state index in [9.17, 15) is 8.78 Å². The molecule has 0 aliphatic heterocycles. The van der Waals surface area contributed by atoms with Crippen molar-refractivity contribution in [2.45, 2.75) is 0 Å². The predicted octanol–water partition coefficient (Wildman–Crippen LogP) is 3.24. The second kappa shape index (κ2) is 5.14. The number of nitrogens with zero attached hydrogens (tertiary/aromatic N) is 2. The van der Waals surface area contributed by atoms with Gasteiger partial charge < -0.3 is 10.1 Å². The second-order valence-corrected chi connectivity index (χ2v) is 3.68. The molecule has 0 saturated heterocycles. The molecule has 0 aliphatic rings. The molecular weight excluding hydrogens is 264 g/mol. The summed E-state index contributed by atoms with van der Waals surface area (Å²) in [4.78, 5) is 7.73. The normalized spacial score (nSPS) is 10.2. The zero-order chi connectivity index (χ0) is 13.1. The van der Waals surface area contributed by atoms with Crippen molar-refractivity contribution in [1.29, 1.82) is 0 Å². The topological polar surface area (TPSA) is 47.0 Å². The molecule has 18 heavy (non-hydrogen) atoms. The summed E-state index contributed by atoms with van der Waals surface area (Å²) in [6, 6.07) is 2.86. The summed E-state index contributed by atoms with van der Waals surface area (Å²) in [7, 11) is 1.61. The van der Waals surface area contributed by atoms with Crippen LogP contribution in [0.2, 0.25) is 5.02 Å². The van der Waals surface area contributed by atoms with Gasteiger partial charge in [-0.15, -0.1) is 0 Å². The first-order chi connectivity index (χ1) is 8.60. The number of hydrogen-bond donors (Lipinski definition) is 1. The van der Waals surface area contributed by atoms with Crippen LogP contribution in [0.15, 0.2) is 24.4 Å². The maximum absolute atomic E-state index is 13.4. The molecule has 94 valence electrons. The molecule has 0 amide bonds. The Kier molecular flexibility index (Phi) is 3.57. The highest BCUT2D eigenvalue weighted by atomic mass is 35.5. The van der Waals surface area contributed by atoms with Gasteiger partial charge in [-0.25, -0.2) is 13.8 Å². The second-order valence-electron chi connectivity index (χ2n) is 3.27. The Morgan fingerprint density at radius 2 is 2.11 bits per heavy atom. The highest BCUT2D eigenvalue weighted by Gasteiger charge is 2.11. The lowest BCUT2D eigenvalue weighted by Gasteiger charge is -2.08. The molecule has 0 atom stereocenters. The van der Waals surface area contributed by atoms with Crippen molar-refractivity contribution in [1.82, 2.24) is 9.97 Å². The molecular formula is C11H8ClF2N3O. The van der Waals surface area contributed by atoms with E-state index < -0.39 is 11.6 Å². The highest BCUT2D eigenvalue weighted by molar-refractivity contribution is 6.31. The molecule has 1 N–H and O–H groups in total. The van der Waals surface area contributed by atoms with Gasteiger partial charge in [-0.2, -0.15) is 4.98 Å². The minimum Gasteiger partial charge on any atom is -0.434 e. The van der Waals surface area contributed by atoms with Crippen LogP contribution in [-0.2, 0) is 0 Å². The Labute approximate surface area is 107 Å². The largest absolute Gasteiger partial charge is 0.434 e. The Morgan fingerprint density at radius 3 is 2.83 bits per heavy atom. The van der Waals surface area contributed by atoms with Crippen LogP contribution in [0.5, 0.6) is 11.6 Å². The van der Waals surface area contributed by atoms with Gasteiger partial charge in [0.05, 0.1) is 6.20 Å². The summed E-state index contributed by atoms with van der Waals surface area (Å²) in [5.41, 5.74) is 0. The molecule has 0 spiro atoms. The SMILES string of the molecule is CNc1ncc(Cl)c(Oc2cc(F)ccc2F)n1. The molecule has 0 fully saturated rings. The summed E-state index contributed by atoms with van der Waals surface area (Å²) in [6.45, 7) is 0. The molecule has 1 aromatic carbocycles. The molecule has 0 bridgehead atoms. The fraction of sp³-hybridized carbons (Fsp3) is 0.0909. The molecule has 4 nitrogen and oxygen atoms in total. The molecule has 2 aromatic rings. The third kappa shape index (κ3) is 2.65. The average molecular weight is 272 g/mol. The number of ether oxygens (including phenoxy) is 1. The van der Waals surface area contributed by atoms with Gasteiger partial charge in [-0.3, -0.25) is 0 Å². The van der Waals surface area contributed by atoms with E-state index in [-0.39, 0.29) is 22.6 Å². The monoisotopic (exact) mass is 271 g/mol. The molecule has 2 rings (SSSR count). The van der Waals surface area contributed by atoms with Crippen molar-refractivity contribution in [3.05, 3.63) is 41.1 Å². The van der Waals surface area contributed by atoms with Gasteiger partial charge >= 0.3 is 0 Å². The number of aromatic nitrogens is 2. The number of nitrogens with one attached hydrogen (secondary N) is 1. The van der Waals surface area contributed by atoms with Crippen molar-refractivity contribution in [2.75, 3.05) is 12.4 Å². The van der Waals surface area contributed by atoms with Gasteiger partial charge in [0.25, 0.3) is 0 Å². The Bertz CT molecular complexity index is 580. The molecule has 0 unspecified atom stereocenters. The first kappa shape index (κ1) is 12.5. The van der Waals surface area contributed by atoms with Crippen molar-refractivity contribution in [3.8, 4) is 11.6 Å². The van der Waals surface area contributed by atoms with Crippen LogP contribution in [0.4, 0.5) is 14.7 Å². The standard InChI is InChI=1S/C11H8ClF2N3O/c1-15-11-16-5-7(12)10(17-11)18-9-4-6(13)2-3-8(9)14/h2-5H,1H3,(H,15,16,17). The number of benzene rings is 1. The summed E-state index contributed by atoms with van der Waals surface area (Å²) >= 11 is 5.80. The van der Waals surface area contributed by atoms with E-state index in [1.54, 1.807) is 7.05 Å². The molecule has 0 radical (unpaired) electrons. The maximum atomic E-state index is 13.4. The minimum atomic E-state index is -0.711. The zero-order valence-electron chi connectivity index (χ0n) is 9.25. The van der Waals surface area contributed by atoms with Crippen LogP contribution in [0, 0.1) is 11.6 Å². The lowest BCUT2D eigenvalue weighted by Crippen LogP contribution is -1.99. The van der Waals surface area contributed by atoms with Gasteiger partial charge in [-0.1, -0.05) is 11.6 Å². The fourth-order valence-electron chi connectivity index (χ4n) is 1.20. The van der Waals surface area contributed by atoms with Crippen LogP contribution in [-0.4, -0.2) is 17.0 Å². The average Bonchev–Trinajstić information content (AvgIpc) is 2.36. The van der Waals surface area contributed by atoms with Crippen LogP contribution >= 0.6 is 11.6 Å². The fourth-order valence-corrected chi connectivity index (χ4v) is 1.33. The van der Waals surface area contributed by atoms with Crippen LogP contribution in [0.25, 0.3) is 0 Å². The van der Waals surface area contributed by atoms with Crippen molar-refractivity contribution >= 4 is 17.5 Å². The Hall–Kier alpha value is -1.95. The molecule has 1 heterocycles. The number of rotatable bonds is 3. The molecule has 7 heteroatoms. The maximum Gasteiger partial charge on any atom is 0.243 e. The van der Waals surface area contributed by atoms with E-state index in [1.807, 2.05) is 0 Å². The van der Waals surface area contributed by atoms with Gasteiger partial charge in [0.15, 0.2) is 11.6 Å². The predicted molar refractivity (Wildman–Crippen MR) is 63.0 cm³/mol. The first-order valence-electron chi connectivity index (χ1n) is 4.93. The summed E-state index contributed by atoms with van der Waals surface area (Å²) in [6.07, 6.45) is 1.30. The van der Waals surface area contributed by atoms with Crippen LogP contribution in [0.1, 0.15) is 0 Å². The highest BCUT2D eigenvalue weighted by Crippen LogP contribution is 2.29. The lowest BCUT2D eigenvalue weighted by atomic mass is 10.3. The first-order valence-corrected chi connectivity index (χ1v) is 5.31.